The first kappa shape index (κ1) is 9.58. The molecule has 0 bridgehead atoms. The second-order valence-electron chi connectivity index (χ2n) is 3.13. The van der Waals surface area contributed by atoms with Crippen molar-refractivity contribution in [2.24, 2.45) is 0 Å². The number of furan rings is 1. The highest BCUT2D eigenvalue weighted by molar-refractivity contribution is 5.73. The van der Waals surface area contributed by atoms with Gasteiger partial charge in [0.2, 0.25) is 0 Å². The predicted molar refractivity (Wildman–Crippen MR) is 53.5 cm³/mol. The Morgan fingerprint density at radius 3 is 2.67 bits per heavy atom. The standard InChI is InChI=1S/C11H10N2O2/c14-8-9-6-12-11(13-7-9)4-3-10-2-1-5-15-10/h1-2,5-8H,3-4H2. The number of aldehydes is 1. The van der Waals surface area contributed by atoms with Gasteiger partial charge in [-0.2, -0.15) is 0 Å². The van der Waals surface area contributed by atoms with Crippen molar-refractivity contribution in [3.8, 4) is 0 Å². The van der Waals surface area contributed by atoms with Crippen molar-refractivity contribution in [1.29, 1.82) is 0 Å². The van der Waals surface area contributed by atoms with Gasteiger partial charge in [0, 0.05) is 25.2 Å². The Morgan fingerprint density at radius 1 is 1.27 bits per heavy atom. The van der Waals surface area contributed by atoms with Crippen molar-refractivity contribution in [2.75, 3.05) is 0 Å². The van der Waals surface area contributed by atoms with Gasteiger partial charge in [0.1, 0.15) is 11.6 Å². The van der Waals surface area contributed by atoms with E-state index in [9.17, 15) is 4.79 Å². The largest absolute Gasteiger partial charge is 0.469 e. The molecule has 4 heteroatoms. The van der Waals surface area contributed by atoms with Gasteiger partial charge in [0.15, 0.2) is 6.29 Å². The molecule has 0 saturated heterocycles. The Balaban J connectivity index is 1.96. The van der Waals surface area contributed by atoms with Crippen LogP contribution >= 0.6 is 0 Å². The van der Waals surface area contributed by atoms with Gasteiger partial charge >= 0.3 is 0 Å². The van der Waals surface area contributed by atoms with E-state index in [1.165, 1.54) is 12.4 Å². The number of carbonyl (C=O) groups is 1. The monoisotopic (exact) mass is 202 g/mol. The molecule has 2 rings (SSSR count). The third kappa shape index (κ3) is 2.49. The minimum absolute atomic E-state index is 0.497. The summed E-state index contributed by atoms with van der Waals surface area (Å²) >= 11 is 0. The summed E-state index contributed by atoms with van der Waals surface area (Å²) in [6.45, 7) is 0. The first-order valence-corrected chi connectivity index (χ1v) is 4.67. The van der Waals surface area contributed by atoms with E-state index in [4.69, 9.17) is 4.42 Å². The second kappa shape index (κ2) is 4.50. The maximum atomic E-state index is 10.4. The van der Waals surface area contributed by atoms with Gasteiger partial charge in [-0.25, -0.2) is 9.97 Å². The zero-order chi connectivity index (χ0) is 10.5. The van der Waals surface area contributed by atoms with E-state index in [1.54, 1.807) is 6.26 Å². The number of hydrogen-bond acceptors (Lipinski definition) is 4. The molecule has 0 aromatic carbocycles. The molecule has 2 aromatic rings. The topological polar surface area (TPSA) is 56.0 Å². The summed E-state index contributed by atoms with van der Waals surface area (Å²) in [5, 5.41) is 0. The molecule has 0 N–H and O–H groups in total. The summed E-state index contributed by atoms with van der Waals surface area (Å²) in [5.74, 6) is 1.63. The summed E-state index contributed by atoms with van der Waals surface area (Å²) in [7, 11) is 0. The van der Waals surface area contributed by atoms with Gasteiger partial charge in [-0.1, -0.05) is 0 Å². The molecular weight excluding hydrogens is 192 g/mol. The highest BCUT2D eigenvalue weighted by Crippen LogP contribution is 2.04. The third-order valence-corrected chi connectivity index (χ3v) is 2.04. The fourth-order valence-electron chi connectivity index (χ4n) is 1.24. The molecule has 0 unspecified atom stereocenters. The van der Waals surface area contributed by atoms with Crippen molar-refractivity contribution in [1.82, 2.24) is 9.97 Å². The summed E-state index contributed by atoms with van der Waals surface area (Å²) in [4.78, 5) is 18.5. The van der Waals surface area contributed by atoms with Crippen LogP contribution in [-0.2, 0) is 12.8 Å². The molecular formula is C11H10N2O2. The fourth-order valence-corrected chi connectivity index (χ4v) is 1.24. The molecule has 0 aliphatic heterocycles. The van der Waals surface area contributed by atoms with Crippen LogP contribution in [0.1, 0.15) is 21.9 Å². The fraction of sp³-hybridized carbons (Fsp3) is 0.182. The van der Waals surface area contributed by atoms with Crippen LogP contribution in [0.5, 0.6) is 0 Å². The Bertz CT molecular complexity index is 420. The summed E-state index contributed by atoms with van der Waals surface area (Å²) in [6.07, 6.45) is 6.91. The van der Waals surface area contributed by atoms with Crippen LogP contribution in [0.4, 0.5) is 0 Å². The van der Waals surface area contributed by atoms with Gasteiger partial charge in [-0.3, -0.25) is 4.79 Å². The Kier molecular flexibility index (Phi) is 2.88. The van der Waals surface area contributed by atoms with E-state index >= 15 is 0 Å². The lowest BCUT2D eigenvalue weighted by Crippen LogP contribution is -1.98. The SMILES string of the molecule is O=Cc1cnc(CCc2ccco2)nc1. The lowest BCUT2D eigenvalue weighted by Gasteiger charge is -1.97. The van der Waals surface area contributed by atoms with Crippen molar-refractivity contribution >= 4 is 6.29 Å². The highest BCUT2D eigenvalue weighted by atomic mass is 16.3. The number of aromatic nitrogens is 2. The quantitative estimate of drug-likeness (QED) is 0.707. The molecule has 0 aliphatic carbocycles. The summed E-state index contributed by atoms with van der Waals surface area (Å²) in [6, 6.07) is 3.77. The molecule has 0 amide bonds. The third-order valence-electron chi connectivity index (χ3n) is 2.04. The molecule has 0 aliphatic rings. The maximum Gasteiger partial charge on any atom is 0.153 e. The summed E-state index contributed by atoms with van der Waals surface area (Å²) in [5.41, 5.74) is 0.497. The van der Waals surface area contributed by atoms with Crippen molar-refractivity contribution in [2.45, 2.75) is 12.8 Å². The van der Waals surface area contributed by atoms with Crippen LogP contribution in [-0.4, -0.2) is 16.3 Å². The molecule has 15 heavy (non-hydrogen) atoms. The lowest BCUT2D eigenvalue weighted by atomic mass is 10.2. The second-order valence-corrected chi connectivity index (χ2v) is 3.13. The number of carbonyl (C=O) groups excluding carboxylic acids is 1. The van der Waals surface area contributed by atoms with Crippen molar-refractivity contribution < 1.29 is 9.21 Å². The average Bonchev–Trinajstić information content (AvgIpc) is 2.80. The Labute approximate surface area is 87.0 Å². The minimum Gasteiger partial charge on any atom is -0.469 e. The highest BCUT2D eigenvalue weighted by Gasteiger charge is 2.00. The van der Waals surface area contributed by atoms with Gasteiger partial charge in [-0.15, -0.1) is 0 Å². The molecule has 0 atom stereocenters. The van der Waals surface area contributed by atoms with E-state index in [-0.39, 0.29) is 0 Å². The zero-order valence-electron chi connectivity index (χ0n) is 8.09. The lowest BCUT2D eigenvalue weighted by molar-refractivity contribution is 0.112. The first-order chi connectivity index (χ1) is 7.38. The van der Waals surface area contributed by atoms with Crippen LogP contribution in [0, 0.1) is 0 Å². The van der Waals surface area contributed by atoms with Gasteiger partial charge < -0.3 is 4.42 Å². The van der Waals surface area contributed by atoms with E-state index in [1.807, 2.05) is 12.1 Å². The Hall–Kier alpha value is -1.97. The van der Waals surface area contributed by atoms with E-state index in [2.05, 4.69) is 9.97 Å². The van der Waals surface area contributed by atoms with Crippen LogP contribution in [0.15, 0.2) is 35.2 Å². The Morgan fingerprint density at radius 2 is 2.07 bits per heavy atom. The molecule has 76 valence electrons. The van der Waals surface area contributed by atoms with Crippen LogP contribution in [0.3, 0.4) is 0 Å². The number of hydrogen-bond donors (Lipinski definition) is 0. The molecule has 2 heterocycles. The zero-order valence-corrected chi connectivity index (χ0v) is 8.09. The van der Waals surface area contributed by atoms with Crippen LogP contribution < -0.4 is 0 Å². The molecule has 4 nitrogen and oxygen atoms in total. The molecule has 2 aromatic heterocycles. The van der Waals surface area contributed by atoms with E-state index < -0.39 is 0 Å². The summed E-state index contributed by atoms with van der Waals surface area (Å²) < 4.78 is 5.19. The van der Waals surface area contributed by atoms with Crippen LogP contribution in [0.25, 0.3) is 0 Å². The minimum atomic E-state index is 0.497. The van der Waals surface area contributed by atoms with Gasteiger partial charge in [0.05, 0.1) is 11.8 Å². The molecule has 0 fully saturated rings. The van der Waals surface area contributed by atoms with Crippen LogP contribution in [0.2, 0.25) is 0 Å². The molecule has 0 spiro atoms. The normalized spacial score (nSPS) is 10.1. The van der Waals surface area contributed by atoms with E-state index in [0.29, 0.717) is 12.0 Å². The van der Waals surface area contributed by atoms with Gasteiger partial charge in [-0.05, 0) is 12.1 Å². The first-order valence-electron chi connectivity index (χ1n) is 4.67. The number of aryl methyl sites for hydroxylation is 2. The van der Waals surface area contributed by atoms with Gasteiger partial charge in [0.25, 0.3) is 0 Å². The molecule has 0 radical (unpaired) electrons. The predicted octanol–water partition coefficient (Wildman–Crippen LogP) is 1.67. The molecule has 0 saturated carbocycles. The number of rotatable bonds is 4. The maximum absolute atomic E-state index is 10.4. The van der Waals surface area contributed by atoms with E-state index in [0.717, 1.165) is 24.3 Å². The van der Waals surface area contributed by atoms with Crippen molar-refractivity contribution in [3.63, 3.8) is 0 Å². The van der Waals surface area contributed by atoms with Crippen molar-refractivity contribution in [3.05, 3.63) is 47.9 Å². The smallest absolute Gasteiger partial charge is 0.153 e. The number of nitrogens with zero attached hydrogens (tertiary/aromatic N) is 2. The average molecular weight is 202 g/mol.